The van der Waals surface area contributed by atoms with Crippen LogP contribution in [0.25, 0.3) is 33.6 Å². The highest BCUT2D eigenvalue weighted by Crippen LogP contribution is 2.40. The number of nitrogens with one attached hydrogen (secondary N) is 3. The van der Waals surface area contributed by atoms with Gasteiger partial charge in [0.25, 0.3) is 11.8 Å². The van der Waals surface area contributed by atoms with Gasteiger partial charge in [-0.3, -0.25) is 9.59 Å². The smallest absolute Gasteiger partial charge is 0.408 e. The molecule has 2 fully saturated rings. The van der Waals surface area contributed by atoms with Crippen LogP contribution in [0.4, 0.5) is 15.3 Å². The van der Waals surface area contributed by atoms with E-state index in [1.165, 1.54) is 0 Å². The van der Waals surface area contributed by atoms with Crippen molar-refractivity contribution in [3.8, 4) is 22.6 Å². The molecule has 1 unspecified atom stereocenters. The van der Waals surface area contributed by atoms with E-state index in [4.69, 9.17) is 24.6 Å². The summed E-state index contributed by atoms with van der Waals surface area (Å²) in [5.41, 5.74) is 10.8. The van der Waals surface area contributed by atoms with Crippen molar-refractivity contribution in [2.75, 3.05) is 13.1 Å². The van der Waals surface area contributed by atoms with E-state index in [0.717, 1.165) is 28.6 Å². The van der Waals surface area contributed by atoms with Gasteiger partial charge in [-0.25, -0.2) is 23.9 Å². The number of primary amides is 1. The fourth-order valence-corrected chi connectivity index (χ4v) is 9.18. The van der Waals surface area contributed by atoms with Gasteiger partial charge in [0.15, 0.2) is 12.1 Å². The Labute approximate surface area is 376 Å². The van der Waals surface area contributed by atoms with Crippen LogP contribution in [0.3, 0.4) is 0 Å². The molecule has 0 saturated carbocycles. The molecule has 2 aliphatic rings. The quantitative estimate of drug-likeness (QED) is 0.0823. The number of furan rings is 1. The number of carbonyl (C=O) groups excluding carboxylic acids is 5. The highest BCUT2D eigenvalue weighted by Gasteiger charge is 2.55. The number of H-pyrrole nitrogens is 1. The van der Waals surface area contributed by atoms with E-state index in [1.807, 2.05) is 84.9 Å². The molecule has 0 radical (unpaired) electrons. The molecule has 2 aromatic heterocycles. The Morgan fingerprint density at radius 1 is 0.769 bits per heavy atom. The maximum absolute atomic E-state index is 14.9. The lowest BCUT2D eigenvalue weighted by Gasteiger charge is -2.38. The summed E-state index contributed by atoms with van der Waals surface area (Å²) in [6.07, 6.45) is 2.05. The van der Waals surface area contributed by atoms with E-state index in [9.17, 15) is 24.0 Å². The van der Waals surface area contributed by atoms with Crippen molar-refractivity contribution in [3.63, 3.8) is 0 Å². The number of amides is 5. The first-order chi connectivity index (χ1) is 31.3. The molecule has 5 amide bonds. The van der Waals surface area contributed by atoms with Crippen LogP contribution >= 0.6 is 0 Å². The minimum atomic E-state index is -1.12. The third kappa shape index (κ3) is 9.23. The molecule has 2 aliphatic heterocycles. The standard InChI is InChI=1S/C50H53N7O8/c1-30(2)63-49(61)54-43(33-13-7-5-8-14-33)47(59)56-25-11-17-39(56)46-52-29-38(53-46)35-21-24-41-36(27-35)28-42(65-41)32-19-22-37(23-20-32)57(26-12-18-40(57)45(51)58)48(60)44(34-15-9-6-10-16-34)55-50(62)64-31(3)4/h5-10,13-16,19-24,27-31,39-40,43-44H,11-12,17-18,25-26H2,1-4H3,(H4-,51,52,53,54,55,58,61,62)/p+1/t39-,40-,43+,44+,57?/m0/s1. The lowest BCUT2D eigenvalue weighted by atomic mass is 10.0. The van der Waals surface area contributed by atoms with Gasteiger partial charge in [0.05, 0.1) is 36.7 Å². The number of benzene rings is 4. The fourth-order valence-electron chi connectivity index (χ4n) is 9.18. The molecule has 65 heavy (non-hydrogen) atoms. The largest absolute Gasteiger partial charge is 0.456 e. The van der Waals surface area contributed by atoms with E-state index in [-0.39, 0.29) is 22.5 Å². The summed E-state index contributed by atoms with van der Waals surface area (Å²) in [6, 6.07) is 30.0. The lowest BCUT2D eigenvalue weighted by molar-refractivity contribution is -0.138. The number of hydrogen-bond donors (Lipinski definition) is 4. The predicted molar refractivity (Wildman–Crippen MR) is 245 cm³/mol. The van der Waals surface area contributed by atoms with Crippen LogP contribution in [0.5, 0.6) is 0 Å². The zero-order valence-electron chi connectivity index (χ0n) is 36.9. The molecular formula is C50H54N7O8+. The number of fused-ring (bicyclic) bond motifs is 1. The minimum absolute atomic E-state index is 0.244. The van der Waals surface area contributed by atoms with Crippen molar-refractivity contribution in [2.24, 2.45) is 5.73 Å². The maximum atomic E-state index is 14.9. The summed E-state index contributed by atoms with van der Waals surface area (Å²) in [7, 11) is 0. The predicted octanol–water partition coefficient (Wildman–Crippen LogP) is 8.39. The minimum Gasteiger partial charge on any atom is -0.456 e. The van der Waals surface area contributed by atoms with Crippen LogP contribution in [0.1, 0.15) is 88.5 Å². The molecule has 4 heterocycles. The number of alkyl carbamates (subject to hydrolysis) is 2. The van der Waals surface area contributed by atoms with Gasteiger partial charge in [-0.15, -0.1) is 0 Å². The lowest BCUT2D eigenvalue weighted by Crippen LogP contribution is -2.64. The number of nitrogens with two attached hydrogens (primary N) is 1. The molecule has 4 aromatic carbocycles. The Balaban J connectivity index is 1.03. The molecule has 5 N–H and O–H groups in total. The summed E-state index contributed by atoms with van der Waals surface area (Å²) in [4.78, 5) is 77.8. The average Bonchev–Trinajstić information content (AvgIpc) is 4.13. The number of imidazole rings is 1. The Kier molecular flexibility index (Phi) is 12.9. The van der Waals surface area contributed by atoms with E-state index >= 15 is 0 Å². The molecule has 8 rings (SSSR count). The average molecular weight is 881 g/mol. The maximum Gasteiger partial charge on any atom is 0.408 e. The van der Waals surface area contributed by atoms with Crippen molar-refractivity contribution < 1.29 is 37.9 Å². The first-order valence-electron chi connectivity index (χ1n) is 22.1. The first kappa shape index (κ1) is 44.4. The second-order valence-corrected chi connectivity index (χ2v) is 17.2. The molecule has 15 heteroatoms. The number of nitrogens with zero attached hydrogens (tertiary/aromatic N) is 3. The van der Waals surface area contributed by atoms with Crippen molar-refractivity contribution in [3.05, 3.63) is 132 Å². The van der Waals surface area contributed by atoms with Crippen LogP contribution in [0.2, 0.25) is 0 Å². The van der Waals surface area contributed by atoms with E-state index < -0.39 is 48.2 Å². The third-order valence-electron chi connectivity index (χ3n) is 12.1. The van der Waals surface area contributed by atoms with Crippen LogP contribution in [-0.2, 0) is 23.9 Å². The number of hydrogen-bond acceptors (Lipinski definition) is 9. The monoisotopic (exact) mass is 880 g/mol. The number of carbonyl (C=O) groups is 5. The molecule has 6 aromatic rings. The molecule has 5 atom stereocenters. The van der Waals surface area contributed by atoms with Gasteiger partial charge in [-0.05, 0) is 88.1 Å². The number of ether oxygens (including phenoxy) is 2. The Hall–Kier alpha value is -7.26. The van der Waals surface area contributed by atoms with Gasteiger partial charge in [0, 0.05) is 48.0 Å². The van der Waals surface area contributed by atoms with Crippen molar-refractivity contribution in [1.29, 1.82) is 0 Å². The summed E-state index contributed by atoms with van der Waals surface area (Å²) >= 11 is 0. The molecule has 0 spiro atoms. The van der Waals surface area contributed by atoms with Crippen molar-refractivity contribution in [2.45, 2.75) is 89.8 Å². The van der Waals surface area contributed by atoms with Gasteiger partial charge < -0.3 is 40.1 Å². The van der Waals surface area contributed by atoms with Gasteiger partial charge >= 0.3 is 18.1 Å². The molecular weight excluding hydrogens is 827 g/mol. The summed E-state index contributed by atoms with van der Waals surface area (Å²) in [5, 5.41) is 6.40. The van der Waals surface area contributed by atoms with Gasteiger partial charge in [-0.1, -0.05) is 60.7 Å². The number of likely N-dealkylation sites (tertiary alicyclic amines) is 2. The third-order valence-corrected chi connectivity index (χ3v) is 12.1. The Morgan fingerprint density at radius 3 is 2.02 bits per heavy atom. The van der Waals surface area contributed by atoms with Crippen molar-refractivity contribution in [1.82, 2.24) is 30.0 Å². The molecule has 0 aliphatic carbocycles. The summed E-state index contributed by atoms with van der Waals surface area (Å²) in [5.74, 6) is 0.00375. The number of aromatic nitrogens is 2. The van der Waals surface area contributed by atoms with E-state index in [0.29, 0.717) is 66.3 Å². The molecule has 15 nitrogen and oxygen atoms in total. The summed E-state index contributed by atoms with van der Waals surface area (Å²) in [6.45, 7) is 7.78. The SMILES string of the molecule is CC(C)OC(=O)N[C@@H](C(=O)N1CCC[C@H]1c1ncc(-c2ccc3oc(-c4ccc([N+]5(C(=O)[C@H](NC(=O)OC(C)C)c6ccccc6)CCC[C@H]5C(N)=O)cc4)cc3c2)[nH]1)c1ccccc1. The van der Waals surface area contributed by atoms with Crippen LogP contribution in [0.15, 0.2) is 120 Å². The van der Waals surface area contributed by atoms with E-state index in [2.05, 4.69) is 15.6 Å². The zero-order valence-corrected chi connectivity index (χ0v) is 36.9. The first-order valence-corrected chi connectivity index (χ1v) is 22.1. The van der Waals surface area contributed by atoms with Crippen LogP contribution < -0.4 is 20.9 Å². The zero-order chi connectivity index (χ0) is 45.8. The van der Waals surface area contributed by atoms with Gasteiger partial charge in [-0.2, -0.15) is 0 Å². The Morgan fingerprint density at radius 2 is 1.38 bits per heavy atom. The van der Waals surface area contributed by atoms with Crippen molar-refractivity contribution >= 4 is 46.6 Å². The van der Waals surface area contributed by atoms with Crippen LogP contribution in [-0.4, -0.2) is 76.1 Å². The number of rotatable bonds is 13. The van der Waals surface area contributed by atoms with E-state index in [1.54, 1.807) is 63.1 Å². The highest BCUT2D eigenvalue weighted by atomic mass is 16.6. The van der Waals surface area contributed by atoms with Gasteiger partial charge in [0.2, 0.25) is 0 Å². The molecule has 336 valence electrons. The van der Waals surface area contributed by atoms with Crippen LogP contribution in [0, 0.1) is 0 Å². The highest BCUT2D eigenvalue weighted by molar-refractivity contribution is 6.01. The number of quaternary nitrogens is 1. The topological polar surface area (TPSA) is 199 Å². The molecule has 0 bridgehead atoms. The number of aromatic amines is 1. The summed E-state index contributed by atoms with van der Waals surface area (Å²) < 4.78 is 16.7. The fraction of sp³-hybridized carbons (Fsp3) is 0.320. The second kappa shape index (κ2) is 18.8. The molecule has 2 saturated heterocycles. The van der Waals surface area contributed by atoms with Gasteiger partial charge in [0.1, 0.15) is 28.9 Å². The second-order valence-electron chi connectivity index (χ2n) is 17.2. The Bertz CT molecular complexity index is 2680. The normalized spacial score (nSPS) is 19.3.